The van der Waals surface area contributed by atoms with Gasteiger partial charge in [-0.25, -0.2) is 4.98 Å². The lowest BCUT2D eigenvalue weighted by Crippen LogP contribution is -2.06. The summed E-state index contributed by atoms with van der Waals surface area (Å²) in [6.07, 6.45) is 0. The van der Waals surface area contributed by atoms with Crippen molar-refractivity contribution in [2.75, 3.05) is 0 Å². The highest BCUT2D eigenvalue weighted by molar-refractivity contribution is 6.17. The monoisotopic (exact) mass is 588 g/mol. The Morgan fingerprint density at radius 1 is 0.489 bits per heavy atom. The number of fused-ring (bicyclic) bond motifs is 9. The minimum atomic E-state index is -0.561. The summed E-state index contributed by atoms with van der Waals surface area (Å²) in [5.74, 6) is 0.302. The third-order valence-corrected chi connectivity index (χ3v) is 7.91. The molecule has 0 spiro atoms. The molecule has 0 aliphatic rings. The van der Waals surface area contributed by atoms with Crippen LogP contribution in [-0.2, 0) is 0 Å². The first-order chi connectivity index (χ1) is 26.5. The van der Waals surface area contributed by atoms with Crippen molar-refractivity contribution in [1.82, 2.24) is 19.5 Å². The second-order valence-corrected chi connectivity index (χ2v) is 10.5. The molecule has 4 heterocycles. The van der Waals surface area contributed by atoms with E-state index in [2.05, 4.69) is 0 Å². The molecule has 6 aromatic carbocycles. The van der Waals surface area contributed by atoms with Crippen LogP contribution in [0.15, 0.2) is 142 Å². The number of para-hydroxylation sites is 3. The molecule has 210 valence electrons. The predicted octanol–water partition coefficient (Wildman–Crippen LogP) is 10.1. The van der Waals surface area contributed by atoms with Crippen molar-refractivity contribution in [3.8, 4) is 28.7 Å². The fraction of sp³-hybridized carbons (Fsp3) is 0. The van der Waals surface area contributed by atoms with Crippen molar-refractivity contribution in [2.45, 2.75) is 0 Å². The third-order valence-electron chi connectivity index (χ3n) is 7.91. The Morgan fingerprint density at radius 2 is 1.22 bits per heavy atom. The Kier molecular flexibility index (Phi) is 3.35. The SMILES string of the molecule is [2H]c1c([2H])c([2H])c2c(oc3c([2H])c4c5c([2H])c([2H])c([2H])c([2H])c5n(-c5nc(-c6ccccc6)nc(-c6ccc7oc8ccccc8c7c6)n5)c4c([2H])c32)c1[2H]. The van der Waals surface area contributed by atoms with E-state index in [-0.39, 0.29) is 73.4 Å². The van der Waals surface area contributed by atoms with Gasteiger partial charge in [0.2, 0.25) is 5.95 Å². The smallest absolute Gasteiger partial charge is 0.238 e. The summed E-state index contributed by atoms with van der Waals surface area (Å²) in [5, 5.41) is 1.34. The van der Waals surface area contributed by atoms with Gasteiger partial charge < -0.3 is 8.83 Å². The van der Waals surface area contributed by atoms with E-state index in [1.807, 2.05) is 54.6 Å². The molecule has 4 aromatic heterocycles. The highest BCUT2D eigenvalue weighted by atomic mass is 16.3. The minimum absolute atomic E-state index is 0.0664. The van der Waals surface area contributed by atoms with Crippen molar-refractivity contribution >= 4 is 65.7 Å². The number of benzene rings is 6. The molecule has 0 aliphatic carbocycles. The van der Waals surface area contributed by atoms with Crippen molar-refractivity contribution in [3.63, 3.8) is 0 Å². The Bertz CT molecular complexity index is 3340. The molecule has 6 nitrogen and oxygen atoms in total. The molecule has 0 N–H and O–H groups in total. The maximum absolute atomic E-state index is 9.66. The van der Waals surface area contributed by atoms with Crippen LogP contribution < -0.4 is 0 Å². The third kappa shape index (κ3) is 3.60. The summed E-state index contributed by atoms with van der Waals surface area (Å²) in [6, 6.07) is 17.3. The summed E-state index contributed by atoms with van der Waals surface area (Å²) in [5.41, 5.74) is 1.88. The molecule has 0 atom stereocenters. The first-order valence-corrected chi connectivity index (χ1v) is 14.1. The van der Waals surface area contributed by atoms with Gasteiger partial charge in [-0.3, -0.25) is 4.57 Å². The van der Waals surface area contributed by atoms with Gasteiger partial charge in [0.1, 0.15) is 22.3 Å². The number of furan rings is 2. The second kappa shape index (κ2) is 9.11. The fourth-order valence-corrected chi connectivity index (χ4v) is 5.87. The van der Waals surface area contributed by atoms with Gasteiger partial charge in [-0.1, -0.05) is 84.8 Å². The Labute approximate surface area is 269 Å². The van der Waals surface area contributed by atoms with E-state index in [0.29, 0.717) is 22.3 Å². The molecule has 6 heteroatoms. The summed E-state index contributed by atoms with van der Waals surface area (Å²) in [4.78, 5) is 14.6. The summed E-state index contributed by atoms with van der Waals surface area (Å²) in [6.45, 7) is 0. The Hall–Kier alpha value is -6.27. The van der Waals surface area contributed by atoms with Crippen molar-refractivity contribution in [1.29, 1.82) is 0 Å². The van der Waals surface area contributed by atoms with Crippen LogP contribution in [0.4, 0.5) is 0 Å². The van der Waals surface area contributed by atoms with Crippen LogP contribution in [-0.4, -0.2) is 19.5 Å². The normalized spacial score (nSPS) is 15.1. The molecule has 0 saturated heterocycles. The molecule has 0 amide bonds. The molecule has 0 unspecified atom stereocenters. The number of rotatable bonds is 3. The first-order valence-electron chi connectivity index (χ1n) is 19.1. The zero-order valence-corrected chi connectivity index (χ0v) is 23.0. The van der Waals surface area contributed by atoms with Gasteiger partial charge in [0.25, 0.3) is 0 Å². The van der Waals surface area contributed by atoms with E-state index >= 15 is 0 Å². The maximum atomic E-state index is 9.66. The molecule has 0 saturated carbocycles. The first kappa shape index (κ1) is 16.5. The van der Waals surface area contributed by atoms with Crippen LogP contribution in [0.3, 0.4) is 0 Å². The molecule has 0 radical (unpaired) electrons. The Morgan fingerprint density at radius 3 is 2.13 bits per heavy atom. The lowest BCUT2D eigenvalue weighted by atomic mass is 10.1. The van der Waals surface area contributed by atoms with Gasteiger partial charge in [-0.2, -0.15) is 9.97 Å². The van der Waals surface area contributed by atoms with Gasteiger partial charge in [0.05, 0.1) is 24.7 Å². The number of aromatic nitrogens is 4. The number of hydrogen-bond acceptors (Lipinski definition) is 5. The molecular weight excluding hydrogens is 556 g/mol. The van der Waals surface area contributed by atoms with Crippen LogP contribution in [0, 0.1) is 0 Å². The standard InChI is InChI=1S/C39H22N4O2/c1-2-10-23(11-3-1)37-40-38(24-18-19-35-29(20-24)26-13-5-8-16-33(26)44-35)42-39(41-37)43-31-15-7-4-12-25(31)28-22-36-30(21-32(28)43)27-14-6-9-17-34(27)45-36/h1-22H/i4D,6D,7D,9D,12D,14D,15D,17D,21D,22D. The van der Waals surface area contributed by atoms with Crippen molar-refractivity contribution < 1.29 is 22.5 Å². The molecule has 10 rings (SSSR count). The van der Waals surface area contributed by atoms with Crippen LogP contribution in [0.25, 0.3) is 94.4 Å². The zero-order chi connectivity index (χ0) is 38.2. The molecule has 0 fully saturated rings. The van der Waals surface area contributed by atoms with E-state index < -0.39 is 48.3 Å². The van der Waals surface area contributed by atoms with E-state index in [0.717, 1.165) is 10.8 Å². The topological polar surface area (TPSA) is 69.9 Å². The van der Waals surface area contributed by atoms with Crippen LogP contribution in [0.2, 0.25) is 0 Å². The quantitative estimate of drug-likeness (QED) is 0.205. The highest BCUT2D eigenvalue weighted by Gasteiger charge is 2.20. The lowest BCUT2D eigenvalue weighted by molar-refractivity contribution is 0.668. The zero-order valence-electron chi connectivity index (χ0n) is 33.0. The molecule has 0 bridgehead atoms. The molecular formula is C39H22N4O2. The van der Waals surface area contributed by atoms with E-state index in [4.69, 9.17) is 34.8 Å². The summed E-state index contributed by atoms with van der Waals surface area (Å²) in [7, 11) is 0. The van der Waals surface area contributed by atoms with E-state index in [9.17, 15) is 2.74 Å². The second-order valence-electron chi connectivity index (χ2n) is 10.5. The van der Waals surface area contributed by atoms with E-state index in [1.165, 1.54) is 4.57 Å². The average Bonchev–Trinajstić information content (AvgIpc) is 3.91. The van der Waals surface area contributed by atoms with Crippen LogP contribution >= 0.6 is 0 Å². The van der Waals surface area contributed by atoms with Crippen LogP contribution in [0.5, 0.6) is 0 Å². The molecule has 10 aromatic rings. The largest absolute Gasteiger partial charge is 0.456 e. The average molecular weight is 589 g/mol. The van der Waals surface area contributed by atoms with E-state index in [1.54, 1.807) is 18.2 Å². The van der Waals surface area contributed by atoms with Crippen molar-refractivity contribution in [3.05, 3.63) is 133 Å². The maximum Gasteiger partial charge on any atom is 0.238 e. The van der Waals surface area contributed by atoms with Gasteiger partial charge in [-0.05, 0) is 48.4 Å². The van der Waals surface area contributed by atoms with Gasteiger partial charge in [0, 0.05) is 43.4 Å². The number of nitrogens with zero attached hydrogens (tertiary/aromatic N) is 4. The van der Waals surface area contributed by atoms with Gasteiger partial charge >= 0.3 is 0 Å². The minimum Gasteiger partial charge on any atom is -0.456 e. The van der Waals surface area contributed by atoms with Gasteiger partial charge in [-0.15, -0.1) is 0 Å². The number of hydrogen-bond donors (Lipinski definition) is 0. The summed E-state index contributed by atoms with van der Waals surface area (Å²) >= 11 is 0. The lowest BCUT2D eigenvalue weighted by Gasteiger charge is -2.11. The van der Waals surface area contributed by atoms with Crippen LogP contribution in [0.1, 0.15) is 13.7 Å². The fourth-order valence-electron chi connectivity index (χ4n) is 5.87. The Balaban J connectivity index is 1.39. The van der Waals surface area contributed by atoms with Gasteiger partial charge in [0.15, 0.2) is 11.6 Å². The molecule has 0 aliphatic heterocycles. The highest BCUT2D eigenvalue weighted by Crippen LogP contribution is 2.38. The van der Waals surface area contributed by atoms with Crippen molar-refractivity contribution in [2.24, 2.45) is 0 Å². The molecule has 45 heavy (non-hydrogen) atoms. The summed E-state index contributed by atoms with van der Waals surface area (Å²) < 4.78 is 102. The predicted molar refractivity (Wildman–Crippen MR) is 180 cm³/mol.